The van der Waals surface area contributed by atoms with E-state index in [9.17, 15) is 5.26 Å². The lowest BCUT2D eigenvalue weighted by atomic mass is 9.75. The summed E-state index contributed by atoms with van der Waals surface area (Å²) in [6, 6.07) is 2.43. The number of pyridine rings is 1. The third-order valence-corrected chi connectivity index (χ3v) is 3.32. The smallest absolute Gasteiger partial charge is 0.0999 e. The Balaban J connectivity index is 3.77. The van der Waals surface area contributed by atoms with Gasteiger partial charge in [-0.05, 0) is 27.9 Å². The van der Waals surface area contributed by atoms with Crippen molar-refractivity contribution < 1.29 is 0 Å². The predicted octanol–water partition coefficient (Wildman–Crippen LogP) is 4.67. The van der Waals surface area contributed by atoms with Crippen molar-refractivity contribution in [3.63, 3.8) is 0 Å². The van der Waals surface area contributed by atoms with Gasteiger partial charge >= 0.3 is 0 Å². The zero-order valence-electron chi connectivity index (χ0n) is 13.5. The third-order valence-electron chi connectivity index (χ3n) is 3.32. The van der Waals surface area contributed by atoms with Crippen molar-refractivity contribution in [1.82, 2.24) is 4.98 Å². The number of rotatable bonds is 1. The molecule has 1 aromatic rings. The molecule has 0 spiro atoms. The lowest BCUT2D eigenvalue weighted by Crippen LogP contribution is -2.23. The van der Waals surface area contributed by atoms with Crippen LogP contribution < -0.4 is 0 Å². The topological polar surface area (TPSA) is 36.7 Å². The summed E-state index contributed by atoms with van der Waals surface area (Å²) in [4.78, 5) is 4.67. The molecule has 0 aliphatic heterocycles. The number of aromatic nitrogens is 1. The molecule has 0 aliphatic rings. The first-order valence-electron chi connectivity index (χ1n) is 6.94. The van der Waals surface area contributed by atoms with Crippen LogP contribution in [0.25, 0.3) is 0 Å². The van der Waals surface area contributed by atoms with Crippen LogP contribution in [0, 0.1) is 11.3 Å². The van der Waals surface area contributed by atoms with Gasteiger partial charge in [-0.3, -0.25) is 4.98 Å². The molecule has 2 nitrogen and oxygen atoms in total. The van der Waals surface area contributed by atoms with Crippen LogP contribution in [0.3, 0.4) is 0 Å². The molecule has 19 heavy (non-hydrogen) atoms. The summed E-state index contributed by atoms with van der Waals surface area (Å²) >= 11 is 0. The fraction of sp³-hybridized carbons (Fsp3) is 0.647. The van der Waals surface area contributed by atoms with Gasteiger partial charge in [-0.25, -0.2) is 0 Å². The Hall–Kier alpha value is -1.36. The molecule has 0 amide bonds. The molecule has 0 atom stereocenters. The van der Waals surface area contributed by atoms with Crippen molar-refractivity contribution in [1.29, 1.82) is 5.26 Å². The van der Waals surface area contributed by atoms with Gasteiger partial charge in [0.1, 0.15) is 0 Å². The third kappa shape index (κ3) is 3.15. The molecular weight excluding hydrogens is 232 g/mol. The van der Waals surface area contributed by atoms with Crippen LogP contribution in [-0.2, 0) is 10.8 Å². The highest BCUT2D eigenvalue weighted by Gasteiger charge is 2.29. The molecule has 0 aliphatic carbocycles. The summed E-state index contributed by atoms with van der Waals surface area (Å²) in [7, 11) is 0. The summed E-state index contributed by atoms with van der Waals surface area (Å²) in [5.41, 5.74) is 3.89. The molecule has 0 saturated heterocycles. The Morgan fingerprint density at radius 1 is 1.05 bits per heavy atom. The molecule has 1 aromatic heterocycles. The molecule has 104 valence electrons. The first-order valence-corrected chi connectivity index (χ1v) is 6.94. The summed E-state index contributed by atoms with van der Waals surface area (Å²) in [5.74, 6) is 0.329. The van der Waals surface area contributed by atoms with Crippen molar-refractivity contribution in [3.8, 4) is 6.07 Å². The molecule has 0 saturated carbocycles. The molecule has 0 fully saturated rings. The molecule has 2 heteroatoms. The quantitative estimate of drug-likeness (QED) is 0.734. The van der Waals surface area contributed by atoms with Gasteiger partial charge in [0.15, 0.2) is 0 Å². The van der Waals surface area contributed by atoms with Crippen molar-refractivity contribution in [3.05, 3.63) is 28.6 Å². The van der Waals surface area contributed by atoms with E-state index in [-0.39, 0.29) is 10.8 Å². The van der Waals surface area contributed by atoms with Gasteiger partial charge < -0.3 is 0 Å². The van der Waals surface area contributed by atoms with E-state index in [4.69, 9.17) is 0 Å². The van der Waals surface area contributed by atoms with Crippen LogP contribution in [-0.4, -0.2) is 4.98 Å². The maximum atomic E-state index is 9.65. The van der Waals surface area contributed by atoms with E-state index < -0.39 is 0 Å². The Morgan fingerprint density at radius 2 is 1.58 bits per heavy atom. The first kappa shape index (κ1) is 15.7. The van der Waals surface area contributed by atoms with Gasteiger partial charge in [0, 0.05) is 11.9 Å². The van der Waals surface area contributed by atoms with Crippen molar-refractivity contribution in [2.24, 2.45) is 0 Å². The summed E-state index contributed by atoms with van der Waals surface area (Å²) in [6.07, 6.45) is 1.89. The second-order valence-electron chi connectivity index (χ2n) is 7.57. The van der Waals surface area contributed by atoms with Crippen molar-refractivity contribution >= 4 is 0 Å². The van der Waals surface area contributed by atoms with Gasteiger partial charge in [-0.1, -0.05) is 55.4 Å². The van der Waals surface area contributed by atoms with E-state index in [0.29, 0.717) is 5.92 Å². The van der Waals surface area contributed by atoms with E-state index in [1.807, 2.05) is 6.20 Å². The van der Waals surface area contributed by atoms with Gasteiger partial charge in [-0.15, -0.1) is 0 Å². The normalized spacial score (nSPS) is 12.6. The Morgan fingerprint density at radius 3 is 1.89 bits per heavy atom. The fourth-order valence-electron chi connectivity index (χ4n) is 2.41. The molecule has 1 rings (SSSR count). The molecule has 0 N–H and O–H groups in total. The van der Waals surface area contributed by atoms with Crippen LogP contribution >= 0.6 is 0 Å². The van der Waals surface area contributed by atoms with E-state index in [1.165, 1.54) is 0 Å². The van der Waals surface area contributed by atoms with Crippen LogP contribution in [0.4, 0.5) is 0 Å². The lowest BCUT2D eigenvalue weighted by molar-refractivity contribution is 0.547. The van der Waals surface area contributed by atoms with Crippen LogP contribution in [0.5, 0.6) is 0 Å². The Kier molecular flexibility index (Phi) is 4.10. The van der Waals surface area contributed by atoms with Crippen molar-refractivity contribution in [2.75, 3.05) is 0 Å². The van der Waals surface area contributed by atoms with Crippen LogP contribution in [0.15, 0.2) is 6.20 Å². The fourth-order valence-corrected chi connectivity index (χ4v) is 2.41. The predicted molar refractivity (Wildman–Crippen MR) is 80.4 cm³/mol. The monoisotopic (exact) mass is 258 g/mol. The van der Waals surface area contributed by atoms with E-state index >= 15 is 0 Å². The van der Waals surface area contributed by atoms with E-state index in [1.54, 1.807) is 0 Å². The zero-order valence-corrected chi connectivity index (χ0v) is 13.5. The average molecular weight is 258 g/mol. The minimum atomic E-state index is -0.0705. The summed E-state index contributed by atoms with van der Waals surface area (Å²) in [5, 5.41) is 9.65. The van der Waals surface area contributed by atoms with Gasteiger partial charge in [0.05, 0.1) is 11.6 Å². The standard InChI is InChI=1S/C17H26N2/c1-11(2)15-14(17(6,7)8)12(9-18)13(10-19-15)16(3,4)5/h10-11H,1-8H3. The van der Waals surface area contributed by atoms with E-state index in [2.05, 4.69) is 66.4 Å². The minimum Gasteiger partial charge on any atom is -0.260 e. The molecular formula is C17H26N2. The number of hydrogen-bond acceptors (Lipinski definition) is 2. The molecule has 0 radical (unpaired) electrons. The maximum absolute atomic E-state index is 9.65. The summed E-state index contributed by atoms with van der Waals surface area (Å²) < 4.78 is 0. The first-order chi connectivity index (χ1) is 8.50. The molecule has 0 unspecified atom stereocenters. The maximum Gasteiger partial charge on any atom is 0.0999 e. The van der Waals surface area contributed by atoms with Crippen LogP contribution in [0.1, 0.15) is 83.7 Å². The molecule has 1 heterocycles. The Bertz CT molecular complexity index is 506. The summed E-state index contributed by atoms with van der Waals surface area (Å²) in [6.45, 7) is 17.1. The Labute approximate surface area is 117 Å². The zero-order chi connectivity index (χ0) is 15.0. The average Bonchev–Trinajstić information content (AvgIpc) is 2.24. The second kappa shape index (κ2) is 4.96. The number of nitriles is 1. The van der Waals surface area contributed by atoms with Gasteiger partial charge in [0.2, 0.25) is 0 Å². The highest BCUT2D eigenvalue weighted by atomic mass is 14.7. The van der Waals surface area contributed by atoms with Gasteiger partial charge in [0.25, 0.3) is 0 Å². The van der Waals surface area contributed by atoms with E-state index in [0.717, 1.165) is 22.4 Å². The SMILES string of the molecule is CC(C)c1ncc(C(C)(C)C)c(C#N)c1C(C)(C)C. The van der Waals surface area contributed by atoms with Crippen molar-refractivity contribution in [2.45, 2.75) is 72.1 Å². The lowest BCUT2D eigenvalue weighted by Gasteiger charge is -2.29. The number of nitrogens with zero attached hydrogens (tertiary/aromatic N) is 2. The van der Waals surface area contributed by atoms with Gasteiger partial charge in [-0.2, -0.15) is 5.26 Å². The molecule has 0 aromatic carbocycles. The minimum absolute atomic E-state index is 0.0619. The van der Waals surface area contributed by atoms with Crippen LogP contribution in [0.2, 0.25) is 0 Å². The highest BCUT2D eigenvalue weighted by molar-refractivity contribution is 5.51. The highest BCUT2D eigenvalue weighted by Crippen LogP contribution is 2.36. The number of hydrogen-bond donors (Lipinski definition) is 0. The largest absolute Gasteiger partial charge is 0.260 e. The second-order valence-corrected chi connectivity index (χ2v) is 7.57. The molecule has 0 bridgehead atoms.